The summed E-state index contributed by atoms with van der Waals surface area (Å²) >= 11 is 0. The third kappa shape index (κ3) is 4.17. The zero-order valence-corrected chi connectivity index (χ0v) is 16.0. The summed E-state index contributed by atoms with van der Waals surface area (Å²) in [6, 6.07) is 24.4. The molecule has 0 heterocycles. The number of esters is 1. The van der Waals surface area contributed by atoms with Crippen molar-refractivity contribution in [2.75, 3.05) is 7.11 Å². The highest BCUT2D eigenvalue weighted by atomic mass is 16.5. The molecule has 0 aliphatic rings. The van der Waals surface area contributed by atoms with Crippen molar-refractivity contribution in [1.29, 1.82) is 0 Å². The zero-order valence-electron chi connectivity index (χ0n) is 16.0. The average molecular weight is 356 g/mol. The van der Waals surface area contributed by atoms with Gasteiger partial charge in [-0.3, -0.25) is 4.79 Å². The number of carbonyl (C=O) groups excluding carboxylic acids is 1. The van der Waals surface area contributed by atoms with Gasteiger partial charge in [-0.2, -0.15) is 0 Å². The fourth-order valence-electron chi connectivity index (χ4n) is 3.30. The van der Waals surface area contributed by atoms with Crippen molar-refractivity contribution in [3.63, 3.8) is 0 Å². The molecule has 0 aromatic heterocycles. The van der Waals surface area contributed by atoms with Gasteiger partial charge in [-0.1, -0.05) is 84.9 Å². The minimum Gasteiger partial charge on any atom is -0.468 e. The lowest BCUT2D eigenvalue weighted by Crippen LogP contribution is -2.15. The molecule has 1 atom stereocenters. The zero-order chi connectivity index (χ0) is 19.2. The van der Waals surface area contributed by atoms with Crippen LogP contribution in [-0.4, -0.2) is 13.1 Å². The second-order valence-corrected chi connectivity index (χ2v) is 6.61. The molecule has 0 saturated carbocycles. The summed E-state index contributed by atoms with van der Waals surface area (Å²) in [7, 11) is 1.44. The smallest absolute Gasteiger partial charge is 0.317 e. The standard InChI is InChI=1S/C25H24O2/c1-18-14-16-22(21-12-8-5-9-13-21)24(19(18)2)23(25(26)27-3)17-15-20-10-6-4-7-11-20/h4-17,23H,1-3H3/b17-15+. The first-order valence-electron chi connectivity index (χ1n) is 9.08. The summed E-state index contributed by atoms with van der Waals surface area (Å²) in [5, 5.41) is 0. The van der Waals surface area contributed by atoms with Gasteiger partial charge in [0, 0.05) is 0 Å². The fourth-order valence-corrected chi connectivity index (χ4v) is 3.30. The molecule has 136 valence electrons. The van der Waals surface area contributed by atoms with Crippen LogP contribution in [0, 0.1) is 13.8 Å². The second kappa shape index (κ2) is 8.50. The summed E-state index contributed by atoms with van der Waals surface area (Å²) in [6.45, 7) is 4.15. The van der Waals surface area contributed by atoms with Crippen LogP contribution in [0.15, 0.2) is 78.9 Å². The summed E-state index contributed by atoms with van der Waals surface area (Å²) in [6.07, 6.45) is 3.92. The number of ether oxygens (including phenoxy) is 1. The molecule has 3 aromatic carbocycles. The van der Waals surface area contributed by atoms with E-state index < -0.39 is 5.92 Å². The highest BCUT2D eigenvalue weighted by Crippen LogP contribution is 2.35. The number of methoxy groups -OCH3 is 1. The Morgan fingerprint density at radius 1 is 0.889 bits per heavy atom. The first-order valence-corrected chi connectivity index (χ1v) is 9.08. The van der Waals surface area contributed by atoms with Crippen LogP contribution in [-0.2, 0) is 9.53 Å². The molecule has 0 aliphatic carbocycles. The quantitative estimate of drug-likeness (QED) is 0.529. The van der Waals surface area contributed by atoms with Crippen LogP contribution >= 0.6 is 0 Å². The van der Waals surface area contributed by atoms with Gasteiger partial charge in [-0.05, 0) is 47.2 Å². The van der Waals surface area contributed by atoms with E-state index in [0.29, 0.717) is 0 Å². The number of rotatable bonds is 5. The molecule has 0 spiro atoms. The van der Waals surface area contributed by atoms with Crippen molar-refractivity contribution in [2.24, 2.45) is 0 Å². The number of carbonyl (C=O) groups is 1. The molecule has 0 bridgehead atoms. The molecule has 0 N–H and O–H groups in total. The minimum atomic E-state index is -0.467. The maximum absolute atomic E-state index is 12.7. The summed E-state index contributed by atoms with van der Waals surface area (Å²) in [4.78, 5) is 12.7. The lowest BCUT2D eigenvalue weighted by atomic mass is 9.84. The van der Waals surface area contributed by atoms with Gasteiger partial charge in [0.05, 0.1) is 7.11 Å². The monoisotopic (exact) mass is 356 g/mol. The molecule has 0 aliphatic heterocycles. The summed E-state index contributed by atoms with van der Waals surface area (Å²) in [5.41, 5.74) is 6.48. The number of benzene rings is 3. The maximum atomic E-state index is 12.7. The normalized spacial score (nSPS) is 12.1. The van der Waals surface area contributed by atoms with Crippen molar-refractivity contribution in [3.05, 3.63) is 101 Å². The summed E-state index contributed by atoms with van der Waals surface area (Å²) in [5.74, 6) is -0.724. The molecular formula is C25H24O2. The van der Waals surface area contributed by atoms with E-state index in [1.54, 1.807) is 0 Å². The van der Waals surface area contributed by atoms with E-state index in [2.05, 4.69) is 38.1 Å². The molecule has 2 nitrogen and oxygen atoms in total. The van der Waals surface area contributed by atoms with Crippen LogP contribution < -0.4 is 0 Å². The molecular weight excluding hydrogens is 332 g/mol. The molecule has 2 heteroatoms. The predicted octanol–water partition coefficient (Wildman–Crippen LogP) is 5.94. The van der Waals surface area contributed by atoms with Gasteiger partial charge in [0.15, 0.2) is 0 Å². The van der Waals surface area contributed by atoms with E-state index >= 15 is 0 Å². The van der Waals surface area contributed by atoms with E-state index in [9.17, 15) is 4.79 Å². The van der Waals surface area contributed by atoms with Gasteiger partial charge >= 0.3 is 5.97 Å². The highest BCUT2D eigenvalue weighted by molar-refractivity contribution is 5.86. The first-order chi connectivity index (χ1) is 13.1. The van der Waals surface area contributed by atoms with E-state index in [-0.39, 0.29) is 5.97 Å². The topological polar surface area (TPSA) is 26.3 Å². The van der Waals surface area contributed by atoms with E-state index in [1.165, 1.54) is 7.11 Å². The first kappa shape index (κ1) is 18.7. The van der Waals surface area contributed by atoms with Crippen LogP contribution in [0.25, 0.3) is 17.2 Å². The van der Waals surface area contributed by atoms with Gasteiger partial charge < -0.3 is 4.74 Å². The van der Waals surface area contributed by atoms with Crippen molar-refractivity contribution < 1.29 is 9.53 Å². The van der Waals surface area contributed by atoms with Crippen LogP contribution in [0.1, 0.15) is 28.2 Å². The van der Waals surface area contributed by atoms with Crippen molar-refractivity contribution in [1.82, 2.24) is 0 Å². The minimum absolute atomic E-state index is 0.256. The van der Waals surface area contributed by atoms with E-state index in [0.717, 1.165) is 33.4 Å². The molecule has 0 amide bonds. The Kier molecular flexibility index (Phi) is 5.87. The summed E-state index contributed by atoms with van der Waals surface area (Å²) < 4.78 is 5.15. The number of aryl methyl sites for hydroxylation is 1. The average Bonchev–Trinajstić information content (AvgIpc) is 2.72. The Balaban J connectivity index is 2.15. The van der Waals surface area contributed by atoms with Gasteiger partial charge in [0.2, 0.25) is 0 Å². The molecule has 27 heavy (non-hydrogen) atoms. The molecule has 0 fully saturated rings. The number of hydrogen-bond acceptors (Lipinski definition) is 2. The van der Waals surface area contributed by atoms with E-state index in [4.69, 9.17) is 4.74 Å². The Morgan fingerprint density at radius 3 is 2.15 bits per heavy atom. The lowest BCUT2D eigenvalue weighted by Gasteiger charge is -2.20. The SMILES string of the molecule is COC(=O)C(/C=C/c1ccccc1)c1c(-c2ccccc2)ccc(C)c1C. The van der Waals surface area contributed by atoms with E-state index in [1.807, 2.05) is 60.7 Å². The fraction of sp³-hybridized carbons (Fsp3) is 0.160. The van der Waals surface area contributed by atoms with Crippen LogP contribution in [0.3, 0.4) is 0 Å². The van der Waals surface area contributed by atoms with Gasteiger partial charge in [0.1, 0.15) is 5.92 Å². The predicted molar refractivity (Wildman–Crippen MR) is 112 cm³/mol. The highest BCUT2D eigenvalue weighted by Gasteiger charge is 2.24. The third-order valence-corrected chi connectivity index (χ3v) is 4.92. The van der Waals surface area contributed by atoms with Crippen molar-refractivity contribution in [3.8, 4) is 11.1 Å². The Hall–Kier alpha value is -3.13. The Morgan fingerprint density at radius 2 is 1.52 bits per heavy atom. The van der Waals surface area contributed by atoms with Crippen molar-refractivity contribution >= 4 is 12.0 Å². The van der Waals surface area contributed by atoms with Crippen LogP contribution in [0.2, 0.25) is 0 Å². The van der Waals surface area contributed by atoms with Gasteiger partial charge in [-0.25, -0.2) is 0 Å². The van der Waals surface area contributed by atoms with Gasteiger partial charge in [0.25, 0.3) is 0 Å². The van der Waals surface area contributed by atoms with Gasteiger partial charge in [-0.15, -0.1) is 0 Å². The lowest BCUT2D eigenvalue weighted by molar-refractivity contribution is -0.141. The molecule has 3 rings (SSSR count). The molecule has 1 unspecified atom stereocenters. The largest absolute Gasteiger partial charge is 0.468 e. The molecule has 0 saturated heterocycles. The van der Waals surface area contributed by atoms with Crippen LogP contribution in [0.4, 0.5) is 0 Å². The maximum Gasteiger partial charge on any atom is 0.317 e. The van der Waals surface area contributed by atoms with Crippen LogP contribution in [0.5, 0.6) is 0 Å². The number of hydrogen-bond donors (Lipinski definition) is 0. The Bertz CT molecular complexity index is 941. The Labute approximate surface area is 161 Å². The molecule has 3 aromatic rings. The third-order valence-electron chi connectivity index (χ3n) is 4.92. The second-order valence-electron chi connectivity index (χ2n) is 6.61. The molecule has 0 radical (unpaired) electrons. The van der Waals surface area contributed by atoms with Crippen molar-refractivity contribution in [2.45, 2.75) is 19.8 Å².